The summed E-state index contributed by atoms with van der Waals surface area (Å²) in [7, 11) is -3.37. The van der Waals surface area contributed by atoms with Gasteiger partial charge in [-0.25, -0.2) is 8.42 Å². The smallest absolute Gasteiger partial charge is 0.203 e. The third-order valence-corrected chi connectivity index (χ3v) is 6.17. The fourth-order valence-corrected chi connectivity index (χ4v) is 4.73. The monoisotopic (exact) mass is 300 g/mol. The molecule has 2 aliphatic rings. The van der Waals surface area contributed by atoms with Gasteiger partial charge in [0.25, 0.3) is 0 Å². The van der Waals surface area contributed by atoms with Crippen LogP contribution in [0.1, 0.15) is 39.0 Å². The molecule has 0 spiro atoms. The van der Waals surface area contributed by atoms with Crippen LogP contribution >= 0.6 is 0 Å². The molecule has 0 fully saturated rings. The molecule has 0 unspecified atom stereocenters. The summed E-state index contributed by atoms with van der Waals surface area (Å²) in [5, 5.41) is 0. The lowest BCUT2D eigenvalue weighted by atomic mass is 9.98. The van der Waals surface area contributed by atoms with Crippen LogP contribution < -0.4 is 0 Å². The zero-order valence-electron chi connectivity index (χ0n) is 12.3. The molecule has 0 radical (unpaired) electrons. The van der Waals surface area contributed by atoms with Gasteiger partial charge in [-0.15, -0.1) is 0 Å². The minimum Gasteiger partial charge on any atom is -0.219 e. The number of hydrogen-bond donors (Lipinski definition) is 0. The summed E-state index contributed by atoms with van der Waals surface area (Å²) in [4.78, 5) is 1.00. The average Bonchev–Trinajstić information content (AvgIpc) is 2.85. The Labute approximate surface area is 126 Å². The van der Waals surface area contributed by atoms with E-state index in [2.05, 4.69) is 19.1 Å². The maximum absolute atomic E-state index is 12.9. The molecular weight excluding hydrogens is 280 g/mol. The summed E-state index contributed by atoms with van der Waals surface area (Å²) in [5.41, 5.74) is 3.44. The highest BCUT2D eigenvalue weighted by atomic mass is 32.2. The largest absolute Gasteiger partial charge is 0.219 e. The predicted molar refractivity (Wildman–Crippen MR) is 85.6 cm³/mol. The van der Waals surface area contributed by atoms with E-state index in [9.17, 15) is 8.42 Å². The van der Waals surface area contributed by atoms with Crippen molar-refractivity contribution in [3.05, 3.63) is 64.1 Å². The number of benzene rings is 1. The maximum atomic E-state index is 12.9. The fraction of sp³-hybridized carbons (Fsp3) is 0.333. The van der Waals surface area contributed by atoms with Crippen molar-refractivity contribution < 1.29 is 8.42 Å². The Kier molecular flexibility index (Phi) is 3.85. The Morgan fingerprint density at radius 1 is 1.00 bits per heavy atom. The van der Waals surface area contributed by atoms with E-state index in [0.29, 0.717) is 16.2 Å². The quantitative estimate of drug-likeness (QED) is 0.802. The van der Waals surface area contributed by atoms with Crippen LogP contribution in [-0.2, 0) is 9.84 Å². The highest BCUT2D eigenvalue weighted by Crippen LogP contribution is 2.40. The first-order valence-corrected chi connectivity index (χ1v) is 8.97. The Morgan fingerprint density at radius 3 is 2.52 bits per heavy atom. The Balaban J connectivity index is 2.15. The van der Waals surface area contributed by atoms with E-state index in [0.717, 1.165) is 31.3 Å². The van der Waals surface area contributed by atoms with Gasteiger partial charge in [-0.3, -0.25) is 0 Å². The van der Waals surface area contributed by atoms with Gasteiger partial charge >= 0.3 is 0 Å². The highest BCUT2D eigenvalue weighted by molar-refractivity contribution is 7.95. The maximum Gasteiger partial charge on any atom is 0.203 e. The summed E-state index contributed by atoms with van der Waals surface area (Å²) >= 11 is 0. The van der Waals surface area contributed by atoms with E-state index in [1.165, 1.54) is 11.1 Å². The molecule has 3 rings (SSSR count). The molecule has 0 amide bonds. The van der Waals surface area contributed by atoms with Gasteiger partial charge < -0.3 is 0 Å². The van der Waals surface area contributed by atoms with E-state index < -0.39 is 9.84 Å². The second-order valence-corrected chi connectivity index (χ2v) is 7.74. The molecule has 3 heteroatoms. The van der Waals surface area contributed by atoms with Crippen molar-refractivity contribution in [3.8, 4) is 0 Å². The van der Waals surface area contributed by atoms with E-state index in [1.54, 1.807) is 24.3 Å². The van der Waals surface area contributed by atoms with Crippen molar-refractivity contribution in [2.75, 3.05) is 0 Å². The number of rotatable bonds is 2. The van der Waals surface area contributed by atoms with Gasteiger partial charge in [0.15, 0.2) is 0 Å². The molecule has 0 N–H and O–H groups in total. The molecule has 0 saturated heterocycles. The molecule has 1 aromatic carbocycles. The normalized spacial score (nSPS) is 24.4. The first-order chi connectivity index (χ1) is 10.1. The number of sulfone groups is 1. The van der Waals surface area contributed by atoms with E-state index in [4.69, 9.17) is 0 Å². The Morgan fingerprint density at radius 2 is 1.76 bits per heavy atom. The highest BCUT2D eigenvalue weighted by Gasteiger charge is 2.29. The van der Waals surface area contributed by atoms with Gasteiger partial charge in [0, 0.05) is 0 Å². The van der Waals surface area contributed by atoms with Crippen molar-refractivity contribution >= 4 is 9.84 Å². The molecule has 2 aliphatic carbocycles. The predicted octanol–water partition coefficient (Wildman–Crippen LogP) is 4.56. The number of hydrogen-bond acceptors (Lipinski definition) is 2. The molecule has 0 saturated carbocycles. The minimum absolute atomic E-state index is 0.405. The summed E-state index contributed by atoms with van der Waals surface area (Å²) in [6.07, 6.45) is 9.04. The minimum atomic E-state index is -3.37. The van der Waals surface area contributed by atoms with Crippen LogP contribution in [0.4, 0.5) is 0 Å². The molecule has 0 atom stereocenters. The van der Waals surface area contributed by atoms with Crippen molar-refractivity contribution in [2.45, 2.75) is 43.9 Å². The Bertz CT molecular complexity index is 735. The SMILES string of the molecule is C/C1=C/C2=C(S(=O)(=O)c3ccccc3)CC/C2=C/CCC1. The molecule has 0 aromatic heterocycles. The summed E-state index contributed by atoms with van der Waals surface area (Å²) in [6.45, 7) is 2.10. The molecule has 0 aliphatic heterocycles. The van der Waals surface area contributed by atoms with Crippen molar-refractivity contribution in [1.29, 1.82) is 0 Å². The average molecular weight is 300 g/mol. The standard InChI is InChI=1S/C18H20O2S/c1-14-7-5-6-8-15-11-12-18(17(15)13-14)21(19,20)16-9-3-2-4-10-16/h2-4,8-10,13H,5-7,11-12H2,1H3/b14-13-,15-8-. The van der Waals surface area contributed by atoms with Gasteiger partial charge in [0.2, 0.25) is 9.84 Å². The first-order valence-electron chi connectivity index (χ1n) is 7.49. The third kappa shape index (κ3) is 2.75. The molecular formula is C18H20O2S. The lowest BCUT2D eigenvalue weighted by molar-refractivity contribution is 0.600. The van der Waals surface area contributed by atoms with Crippen molar-refractivity contribution in [3.63, 3.8) is 0 Å². The van der Waals surface area contributed by atoms with Crippen LogP contribution in [0, 0.1) is 0 Å². The van der Waals surface area contributed by atoms with E-state index in [-0.39, 0.29) is 0 Å². The Hall–Kier alpha value is -1.61. The molecule has 110 valence electrons. The lowest BCUT2D eigenvalue weighted by Crippen LogP contribution is -2.04. The zero-order chi connectivity index (χ0) is 14.9. The van der Waals surface area contributed by atoms with Gasteiger partial charge in [0.1, 0.15) is 0 Å². The summed E-state index contributed by atoms with van der Waals surface area (Å²) in [5.74, 6) is 0. The van der Waals surface area contributed by atoms with Gasteiger partial charge in [0.05, 0.1) is 9.80 Å². The summed E-state index contributed by atoms with van der Waals surface area (Å²) in [6, 6.07) is 8.77. The number of fused-ring (bicyclic) bond motifs is 1. The van der Waals surface area contributed by atoms with E-state index >= 15 is 0 Å². The summed E-state index contributed by atoms with van der Waals surface area (Å²) < 4.78 is 25.8. The van der Waals surface area contributed by atoms with Gasteiger partial charge in [-0.2, -0.15) is 0 Å². The topological polar surface area (TPSA) is 34.1 Å². The lowest BCUT2D eigenvalue weighted by Gasteiger charge is -2.11. The number of allylic oxidation sites excluding steroid dienone is 6. The van der Waals surface area contributed by atoms with E-state index in [1.807, 2.05) is 6.07 Å². The molecule has 1 aromatic rings. The molecule has 21 heavy (non-hydrogen) atoms. The van der Waals surface area contributed by atoms with Crippen LogP contribution in [-0.4, -0.2) is 8.42 Å². The zero-order valence-corrected chi connectivity index (χ0v) is 13.1. The van der Waals surface area contributed by atoms with Crippen LogP contribution in [0.25, 0.3) is 0 Å². The molecule has 2 nitrogen and oxygen atoms in total. The third-order valence-electron chi connectivity index (χ3n) is 4.20. The second kappa shape index (κ2) is 5.64. The van der Waals surface area contributed by atoms with Crippen LogP contribution in [0.15, 0.2) is 69.0 Å². The second-order valence-electron chi connectivity index (χ2n) is 5.77. The van der Waals surface area contributed by atoms with Gasteiger partial charge in [-0.05, 0) is 62.3 Å². The molecule has 0 bridgehead atoms. The first kappa shape index (κ1) is 14.3. The van der Waals surface area contributed by atoms with Crippen LogP contribution in [0.5, 0.6) is 0 Å². The van der Waals surface area contributed by atoms with Crippen LogP contribution in [0.3, 0.4) is 0 Å². The van der Waals surface area contributed by atoms with Crippen molar-refractivity contribution in [1.82, 2.24) is 0 Å². The van der Waals surface area contributed by atoms with Crippen LogP contribution in [0.2, 0.25) is 0 Å². The fourth-order valence-electron chi connectivity index (χ4n) is 3.08. The van der Waals surface area contributed by atoms with Crippen molar-refractivity contribution in [2.24, 2.45) is 0 Å². The van der Waals surface area contributed by atoms with Gasteiger partial charge in [-0.1, -0.05) is 35.9 Å². The molecule has 0 heterocycles.